The molecule has 128 valence electrons. The molecular formula is C15H14ClF3N4O. The Morgan fingerprint density at radius 3 is 2.75 bits per heavy atom. The third-order valence-corrected chi connectivity index (χ3v) is 3.23. The van der Waals surface area contributed by atoms with Crippen molar-refractivity contribution in [2.24, 2.45) is 4.99 Å². The summed E-state index contributed by atoms with van der Waals surface area (Å²) in [5.41, 5.74) is 7.93. The van der Waals surface area contributed by atoms with Gasteiger partial charge in [-0.3, -0.25) is 4.99 Å². The van der Waals surface area contributed by atoms with E-state index < -0.39 is 12.8 Å². The van der Waals surface area contributed by atoms with Crippen molar-refractivity contribution in [3.63, 3.8) is 0 Å². The van der Waals surface area contributed by atoms with Gasteiger partial charge in [0.15, 0.2) is 6.61 Å². The quantitative estimate of drug-likeness (QED) is 0.655. The van der Waals surface area contributed by atoms with Crippen LogP contribution in [0.3, 0.4) is 0 Å². The van der Waals surface area contributed by atoms with E-state index >= 15 is 0 Å². The van der Waals surface area contributed by atoms with Crippen molar-refractivity contribution in [3.8, 4) is 5.88 Å². The van der Waals surface area contributed by atoms with E-state index in [0.29, 0.717) is 22.4 Å². The maximum Gasteiger partial charge on any atom is 0.422 e. The van der Waals surface area contributed by atoms with E-state index in [1.54, 1.807) is 19.1 Å². The molecule has 0 fully saturated rings. The standard InChI is InChI=1S/C15H14ClF3N4O/c1-9-4-10(6-23-14(9)24-8-15(17,18)19)5-21-7-11-12(20)2-3-22-13(11)16/h2-4,6-7H,5,8H2,1H3,(H2,20,22). The van der Waals surface area contributed by atoms with Crippen LogP contribution in [0.15, 0.2) is 29.5 Å². The molecule has 0 spiro atoms. The average molecular weight is 359 g/mol. The van der Waals surface area contributed by atoms with Crippen LogP contribution in [0.1, 0.15) is 16.7 Å². The number of aryl methyl sites for hydroxylation is 1. The Labute approximate surface area is 141 Å². The van der Waals surface area contributed by atoms with Gasteiger partial charge in [-0.1, -0.05) is 11.6 Å². The minimum Gasteiger partial charge on any atom is -0.468 e. The molecule has 2 heterocycles. The third-order valence-electron chi connectivity index (χ3n) is 2.93. The van der Waals surface area contributed by atoms with Gasteiger partial charge in [-0.2, -0.15) is 13.2 Å². The molecule has 0 unspecified atom stereocenters. The summed E-state index contributed by atoms with van der Waals surface area (Å²) in [5, 5.41) is 0.240. The van der Waals surface area contributed by atoms with Gasteiger partial charge in [-0.25, -0.2) is 9.97 Å². The fraction of sp³-hybridized carbons (Fsp3) is 0.267. The first kappa shape index (κ1) is 18.0. The molecule has 9 heteroatoms. The number of nitrogens with zero attached hydrogens (tertiary/aromatic N) is 3. The van der Waals surface area contributed by atoms with Crippen LogP contribution in [-0.2, 0) is 6.54 Å². The molecular weight excluding hydrogens is 345 g/mol. The molecule has 0 saturated heterocycles. The highest BCUT2D eigenvalue weighted by molar-refractivity contribution is 6.32. The molecule has 2 aromatic heterocycles. The number of hydrogen-bond donors (Lipinski definition) is 1. The lowest BCUT2D eigenvalue weighted by atomic mass is 10.2. The van der Waals surface area contributed by atoms with E-state index in [4.69, 9.17) is 17.3 Å². The van der Waals surface area contributed by atoms with Gasteiger partial charge in [0.2, 0.25) is 5.88 Å². The van der Waals surface area contributed by atoms with Crippen molar-refractivity contribution in [1.82, 2.24) is 9.97 Å². The number of hydrogen-bond acceptors (Lipinski definition) is 5. The number of aromatic nitrogens is 2. The van der Waals surface area contributed by atoms with Crippen molar-refractivity contribution in [2.75, 3.05) is 12.3 Å². The Kier molecular flexibility index (Phi) is 5.61. The summed E-state index contributed by atoms with van der Waals surface area (Å²) >= 11 is 5.93. The van der Waals surface area contributed by atoms with Crippen LogP contribution in [0.5, 0.6) is 5.88 Å². The second-order valence-corrected chi connectivity index (χ2v) is 5.30. The number of halogens is 4. The highest BCUT2D eigenvalue weighted by Crippen LogP contribution is 2.21. The van der Waals surface area contributed by atoms with Gasteiger partial charge in [0, 0.05) is 29.9 Å². The number of pyridine rings is 2. The maximum absolute atomic E-state index is 12.1. The summed E-state index contributed by atoms with van der Waals surface area (Å²) in [4.78, 5) is 12.0. The lowest BCUT2D eigenvalue weighted by Gasteiger charge is -2.10. The van der Waals surface area contributed by atoms with Gasteiger partial charge in [-0.05, 0) is 24.6 Å². The largest absolute Gasteiger partial charge is 0.468 e. The average Bonchev–Trinajstić information content (AvgIpc) is 2.48. The predicted molar refractivity (Wildman–Crippen MR) is 85.5 cm³/mol. The number of anilines is 1. The van der Waals surface area contributed by atoms with Crippen molar-refractivity contribution in [2.45, 2.75) is 19.6 Å². The smallest absolute Gasteiger partial charge is 0.422 e. The molecule has 0 saturated carbocycles. The lowest BCUT2D eigenvalue weighted by Crippen LogP contribution is -2.20. The minimum atomic E-state index is -4.40. The molecule has 0 aliphatic heterocycles. The van der Waals surface area contributed by atoms with Crippen molar-refractivity contribution in [3.05, 3.63) is 46.4 Å². The molecule has 24 heavy (non-hydrogen) atoms. The van der Waals surface area contributed by atoms with Crippen molar-refractivity contribution < 1.29 is 17.9 Å². The van der Waals surface area contributed by atoms with Gasteiger partial charge >= 0.3 is 6.18 Å². The summed E-state index contributed by atoms with van der Waals surface area (Å²) < 4.78 is 41.1. The molecule has 5 nitrogen and oxygen atoms in total. The predicted octanol–water partition coefficient (Wildman–Crippen LogP) is 3.58. The first-order chi connectivity index (χ1) is 11.3. The van der Waals surface area contributed by atoms with Crippen LogP contribution in [0.2, 0.25) is 5.15 Å². The third kappa shape index (κ3) is 5.09. The number of ether oxygens (including phenoxy) is 1. The molecule has 2 N–H and O–H groups in total. The fourth-order valence-corrected chi connectivity index (χ4v) is 2.05. The van der Waals surface area contributed by atoms with Crippen molar-refractivity contribution >= 4 is 23.5 Å². The number of alkyl halides is 3. The molecule has 0 aromatic carbocycles. The first-order valence-corrected chi connectivity index (χ1v) is 7.19. The van der Waals surface area contributed by atoms with Gasteiger partial charge in [0.05, 0.1) is 12.1 Å². The maximum atomic E-state index is 12.1. The molecule has 0 aliphatic carbocycles. The summed E-state index contributed by atoms with van der Waals surface area (Å²) in [6, 6.07) is 3.26. The van der Waals surface area contributed by atoms with Crippen LogP contribution in [0.4, 0.5) is 18.9 Å². The Bertz CT molecular complexity index is 730. The second kappa shape index (κ2) is 7.48. The number of aliphatic imine (C=N–C) groups is 1. The fourth-order valence-electron chi connectivity index (χ4n) is 1.84. The summed E-state index contributed by atoms with van der Waals surface area (Å²) in [7, 11) is 0. The van der Waals surface area contributed by atoms with Gasteiger partial charge in [0.25, 0.3) is 0 Å². The van der Waals surface area contributed by atoms with E-state index in [2.05, 4.69) is 19.7 Å². The van der Waals surface area contributed by atoms with Crippen molar-refractivity contribution in [1.29, 1.82) is 0 Å². The van der Waals surface area contributed by atoms with Crippen LogP contribution >= 0.6 is 11.6 Å². The minimum absolute atomic E-state index is 0.0559. The van der Waals surface area contributed by atoms with E-state index in [1.165, 1.54) is 18.6 Å². The molecule has 0 bridgehead atoms. The highest BCUT2D eigenvalue weighted by atomic mass is 35.5. The summed E-state index contributed by atoms with van der Waals surface area (Å²) in [5.74, 6) is -0.0559. The van der Waals surface area contributed by atoms with Crippen LogP contribution in [-0.4, -0.2) is 29.0 Å². The topological polar surface area (TPSA) is 73.4 Å². The SMILES string of the molecule is Cc1cc(CN=Cc2c(N)ccnc2Cl)cnc1OCC(F)(F)F. The second-order valence-electron chi connectivity index (χ2n) is 4.94. The Morgan fingerprint density at radius 2 is 2.12 bits per heavy atom. The van der Waals surface area contributed by atoms with E-state index in [0.717, 1.165) is 0 Å². The summed E-state index contributed by atoms with van der Waals surface area (Å²) in [6.07, 6.45) is -0.0136. The lowest BCUT2D eigenvalue weighted by molar-refractivity contribution is -0.154. The Morgan fingerprint density at radius 1 is 1.38 bits per heavy atom. The van der Waals surface area contributed by atoms with E-state index in [9.17, 15) is 13.2 Å². The molecule has 0 amide bonds. The zero-order valence-electron chi connectivity index (χ0n) is 12.6. The van der Waals surface area contributed by atoms with E-state index in [1.807, 2.05) is 0 Å². The Hall–Kier alpha value is -2.35. The van der Waals surface area contributed by atoms with Crippen LogP contribution in [0, 0.1) is 6.92 Å². The highest BCUT2D eigenvalue weighted by Gasteiger charge is 2.28. The number of nitrogen functional groups attached to an aromatic ring is 1. The van der Waals surface area contributed by atoms with Gasteiger partial charge in [-0.15, -0.1) is 0 Å². The Balaban J connectivity index is 2.03. The van der Waals surface area contributed by atoms with Gasteiger partial charge < -0.3 is 10.5 Å². The van der Waals surface area contributed by atoms with E-state index in [-0.39, 0.29) is 17.6 Å². The molecule has 0 radical (unpaired) electrons. The van der Waals surface area contributed by atoms with Crippen LogP contribution < -0.4 is 10.5 Å². The zero-order chi connectivity index (χ0) is 17.7. The normalized spacial score (nSPS) is 11.9. The molecule has 2 rings (SSSR count). The van der Waals surface area contributed by atoms with Crippen LogP contribution in [0.25, 0.3) is 0 Å². The molecule has 0 aliphatic rings. The first-order valence-electron chi connectivity index (χ1n) is 6.81. The zero-order valence-corrected chi connectivity index (χ0v) is 13.4. The molecule has 0 atom stereocenters. The monoisotopic (exact) mass is 358 g/mol. The number of rotatable bonds is 5. The van der Waals surface area contributed by atoms with Gasteiger partial charge in [0.1, 0.15) is 5.15 Å². The number of nitrogens with two attached hydrogens (primary N) is 1. The molecule has 2 aromatic rings. The summed E-state index contributed by atoms with van der Waals surface area (Å²) in [6.45, 7) is 0.497.